The normalized spacial score (nSPS) is 9.92. The minimum absolute atomic E-state index is 0.235. The van der Waals surface area contributed by atoms with Crippen LogP contribution in [0, 0.1) is 13.8 Å². The molecule has 2 rings (SSSR count). The SMILES string of the molecule is Cc1cccc(C(=O)NCC(=O)NNC(=O)c2ccccc2C)c1. The maximum atomic E-state index is 12.0. The lowest BCUT2D eigenvalue weighted by Gasteiger charge is -2.10. The van der Waals surface area contributed by atoms with Crippen LogP contribution in [0.4, 0.5) is 0 Å². The van der Waals surface area contributed by atoms with E-state index in [4.69, 9.17) is 0 Å². The van der Waals surface area contributed by atoms with Crippen LogP contribution in [0.15, 0.2) is 48.5 Å². The van der Waals surface area contributed by atoms with Gasteiger partial charge in [-0.1, -0.05) is 35.9 Å². The second kappa shape index (κ2) is 7.92. The lowest BCUT2D eigenvalue weighted by molar-refractivity contribution is -0.120. The molecule has 6 heteroatoms. The van der Waals surface area contributed by atoms with Crippen LogP contribution in [-0.2, 0) is 4.79 Å². The molecule has 6 nitrogen and oxygen atoms in total. The predicted octanol–water partition coefficient (Wildman–Crippen LogP) is 1.49. The van der Waals surface area contributed by atoms with E-state index in [0.29, 0.717) is 11.1 Å². The number of benzene rings is 2. The fourth-order valence-electron chi connectivity index (χ4n) is 2.11. The molecule has 0 aromatic heterocycles. The van der Waals surface area contributed by atoms with Crippen LogP contribution in [0.3, 0.4) is 0 Å². The number of nitrogens with one attached hydrogen (secondary N) is 3. The van der Waals surface area contributed by atoms with Crippen molar-refractivity contribution in [1.29, 1.82) is 0 Å². The van der Waals surface area contributed by atoms with Crippen molar-refractivity contribution >= 4 is 17.7 Å². The third-order valence-corrected chi connectivity index (χ3v) is 3.39. The van der Waals surface area contributed by atoms with Gasteiger partial charge in [0, 0.05) is 11.1 Å². The summed E-state index contributed by atoms with van der Waals surface area (Å²) in [5.74, 6) is -1.27. The highest BCUT2D eigenvalue weighted by Gasteiger charge is 2.11. The molecule has 0 aliphatic heterocycles. The number of hydrogen-bond donors (Lipinski definition) is 3. The first kappa shape index (κ1) is 17.2. The zero-order chi connectivity index (χ0) is 17.5. The summed E-state index contributed by atoms with van der Waals surface area (Å²) in [7, 11) is 0. The van der Waals surface area contributed by atoms with Gasteiger partial charge in [0.25, 0.3) is 17.7 Å². The number of hydrazine groups is 1. The second-order valence-corrected chi connectivity index (χ2v) is 5.37. The van der Waals surface area contributed by atoms with Crippen LogP contribution in [0.5, 0.6) is 0 Å². The largest absolute Gasteiger partial charge is 0.343 e. The molecule has 2 aromatic rings. The molecule has 0 radical (unpaired) electrons. The number of carbonyl (C=O) groups is 3. The Morgan fingerprint density at radius 1 is 0.875 bits per heavy atom. The fourth-order valence-corrected chi connectivity index (χ4v) is 2.11. The lowest BCUT2D eigenvalue weighted by atomic mass is 10.1. The highest BCUT2D eigenvalue weighted by Crippen LogP contribution is 2.06. The van der Waals surface area contributed by atoms with Crippen molar-refractivity contribution in [3.8, 4) is 0 Å². The Hall–Kier alpha value is -3.15. The van der Waals surface area contributed by atoms with Crippen molar-refractivity contribution in [2.24, 2.45) is 0 Å². The molecule has 3 N–H and O–H groups in total. The molecular weight excluding hydrogens is 306 g/mol. The van der Waals surface area contributed by atoms with Gasteiger partial charge in [-0.15, -0.1) is 0 Å². The molecule has 0 saturated heterocycles. The van der Waals surface area contributed by atoms with Crippen molar-refractivity contribution in [2.75, 3.05) is 6.54 Å². The monoisotopic (exact) mass is 325 g/mol. The third kappa shape index (κ3) is 4.67. The maximum Gasteiger partial charge on any atom is 0.269 e. The molecule has 0 aliphatic rings. The molecule has 0 heterocycles. The van der Waals surface area contributed by atoms with Crippen LogP contribution in [0.25, 0.3) is 0 Å². The van der Waals surface area contributed by atoms with Gasteiger partial charge in [-0.2, -0.15) is 0 Å². The molecule has 0 unspecified atom stereocenters. The van der Waals surface area contributed by atoms with Crippen LogP contribution in [0.1, 0.15) is 31.8 Å². The van der Waals surface area contributed by atoms with Crippen LogP contribution in [0.2, 0.25) is 0 Å². The predicted molar refractivity (Wildman–Crippen MR) is 90.3 cm³/mol. The van der Waals surface area contributed by atoms with Crippen LogP contribution >= 0.6 is 0 Å². The minimum atomic E-state index is -0.516. The molecular formula is C18H19N3O3. The van der Waals surface area contributed by atoms with Gasteiger partial charge in [-0.25, -0.2) is 0 Å². The lowest BCUT2D eigenvalue weighted by Crippen LogP contribution is -2.46. The van der Waals surface area contributed by atoms with Crippen molar-refractivity contribution in [3.63, 3.8) is 0 Å². The quantitative estimate of drug-likeness (QED) is 0.744. The Labute approximate surface area is 140 Å². The number of aryl methyl sites for hydroxylation is 2. The van der Waals surface area contributed by atoms with E-state index in [1.54, 1.807) is 43.3 Å². The summed E-state index contributed by atoms with van der Waals surface area (Å²) >= 11 is 0. The molecule has 2 aromatic carbocycles. The molecule has 3 amide bonds. The van der Waals surface area contributed by atoms with Crippen molar-refractivity contribution in [3.05, 3.63) is 70.8 Å². The summed E-state index contributed by atoms with van der Waals surface area (Å²) < 4.78 is 0. The Morgan fingerprint density at radius 2 is 1.62 bits per heavy atom. The number of carbonyl (C=O) groups excluding carboxylic acids is 3. The molecule has 24 heavy (non-hydrogen) atoms. The first-order valence-electron chi connectivity index (χ1n) is 7.47. The number of hydrogen-bond acceptors (Lipinski definition) is 3. The van der Waals surface area contributed by atoms with E-state index in [-0.39, 0.29) is 12.5 Å². The van der Waals surface area contributed by atoms with E-state index < -0.39 is 11.8 Å². The Balaban J connectivity index is 1.80. The summed E-state index contributed by atoms with van der Waals surface area (Å²) in [5, 5.41) is 2.50. The first-order valence-corrected chi connectivity index (χ1v) is 7.47. The molecule has 124 valence electrons. The van der Waals surface area contributed by atoms with Gasteiger partial charge in [-0.05, 0) is 37.6 Å². The molecule has 0 spiro atoms. The molecule has 0 atom stereocenters. The van der Waals surface area contributed by atoms with Crippen molar-refractivity contribution < 1.29 is 14.4 Å². The first-order chi connectivity index (χ1) is 11.5. The maximum absolute atomic E-state index is 12.0. The van der Waals surface area contributed by atoms with E-state index in [2.05, 4.69) is 16.2 Å². The molecule has 0 saturated carbocycles. The summed E-state index contributed by atoms with van der Waals surface area (Å²) in [4.78, 5) is 35.6. The van der Waals surface area contributed by atoms with E-state index in [0.717, 1.165) is 11.1 Å². The van der Waals surface area contributed by atoms with E-state index >= 15 is 0 Å². The van der Waals surface area contributed by atoms with Crippen LogP contribution < -0.4 is 16.2 Å². The summed E-state index contributed by atoms with van der Waals surface area (Å²) in [6.45, 7) is 3.45. The van der Waals surface area contributed by atoms with Crippen LogP contribution in [-0.4, -0.2) is 24.3 Å². The number of rotatable bonds is 4. The molecule has 0 bridgehead atoms. The van der Waals surface area contributed by atoms with E-state index in [9.17, 15) is 14.4 Å². The third-order valence-electron chi connectivity index (χ3n) is 3.39. The topological polar surface area (TPSA) is 87.3 Å². The average Bonchev–Trinajstić information content (AvgIpc) is 2.58. The smallest absolute Gasteiger partial charge is 0.269 e. The standard InChI is InChI=1S/C18H19N3O3/c1-12-6-5-8-14(10-12)17(23)19-11-16(22)20-21-18(24)15-9-4-3-7-13(15)2/h3-10H,11H2,1-2H3,(H,19,23)(H,20,22)(H,21,24). The second-order valence-electron chi connectivity index (χ2n) is 5.37. The zero-order valence-corrected chi connectivity index (χ0v) is 13.6. The number of amides is 3. The van der Waals surface area contributed by atoms with Gasteiger partial charge in [0.15, 0.2) is 0 Å². The summed E-state index contributed by atoms with van der Waals surface area (Å²) in [5.41, 5.74) is 7.31. The Bertz CT molecular complexity index is 772. The van der Waals surface area contributed by atoms with Gasteiger partial charge in [0.1, 0.15) is 0 Å². The van der Waals surface area contributed by atoms with Gasteiger partial charge < -0.3 is 5.32 Å². The highest BCUT2D eigenvalue weighted by molar-refractivity contribution is 5.98. The van der Waals surface area contributed by atoms with Gasteiger partial charge in [0.2, 0.25) is 0 Å². The van der Waals surface area contributed by atoms with E-state index in [1.807, 2.05) is 19.1 Å². The van der Waals surface area contributed by atoms with E-state index in [1.165, 1.54) is 0 Å². The molecule has 0 fully saturated rings. The molecule has 0 aliphatic carbocycles. The van der Waals surface area contributed by atoms with Crippen molar-refractivity contribution in [2.45, 2.75) is 13.8 Å². The van der Waals surface area contributed by atoms with Gasteiger partial charge >= 0.3 is 0 Å². The fraction of sp³-hybridized carbons (Fsp3) is 0.167. The van der Waals surface area contributed by atoms with Gasteiger partial charge in [0.05, 0.1) is 6.54 Å². The Kier molecular flexibility index (Phi) is 5.68. The average molecular weight is 325 g/mol. The summed E-state index contributed by atoms with van der Waals surface area (Å²) in [6, 6.07) is 14.1. The summed E-state index contributed by atoms with van der Waals surface area (Å²) in [6.07, 6.45) is 0. The van der Waals surface area contributed by atoms with Gasteiger partial charge in [-0.3, -0.25) is 25.2 Å². The highest BCUT2D eigenvalue weighted by atomic mass is 16.2. The Morgan fingerprint density at radius 3 is 2.33 bits per heavy atom. The minimum Gasteiger partial charge on any atom is -0.343 e. The zero-order valence-electron chi connectivity index (χ0n) is 13.6. The van der Waals surface area contributed by atoms with Crippen molar-refractivity contribution in [1.82, 2.24) is 16.2 Å².